The maximum atomic E-state index is 13.8. The number of carbonyl (C=O) groups excluding carboxylic acids is 1. The van der Waals surface area contributed by atoms with Crippen LogP contribution >= 0.6 is 11.6 Å². The van der Waals surface area contributed by atoms with Gasteiger partial charge in [-0.1, -0.05) is 60.1 Å². The normalized spacial score (nSPS) is 11.5. The number of hydrogen-bond donors (Lipinski definition) is 0. The SMILES string of the molecule is O=Cc1ccc(Cl)cc1-c1cc2cc(OCc3ccccc3)ccc2n1S(=O)(=O)c1ccccc1. The molecule has 0 saturated heterocycles. The first kappa shape index (κ1) is 22.9. The standard InChI is InChI=1S/C28H20ClNO4S/c29-23-12-11-21(18-31)26(17-23)28-16-22-15-24(34-19-20-7-3-1-4-8-20)13-14-27(22)30(28)35(32,33)25-9-5-2-6-10-25/h1-18H,19H2. The summed E-state index contributed by atoms with van der Waals surface area (Å²) in [6, 6.07) is 29.7. The van der Waals surface area contributed by atoms with Crippen molar-refractivity contribution in [2.75, 3.05) is 0 Å². The first-order valence-electron chi connectivity index (χ1n) is 10.9. The Morgan fingerprint density at radius 1 is 0.829 bits per heavy atom. The lowest BCUT2D eigenvalue weighted by molar-refractivity contribution is 0.112. The van der Waals surface area contributed by atoms with Crippen LogP contribution in [0, 0.1) is 0 Å². The molecule has 0 unspecified atom stereocenters. The minimum absolute atomic E-state index is 0.137. The smallest absolute Gasteiger partial charge is 0.268 e. The number of carbonyl (C=O) groups is 1. The summed E-state index contributed by atoms with van der Waals surface area (Å²) in [7, 11) is -3.99. The van der Waals surface area contributed by atoms with E-state index in [4.69, 9.17) is 16.3 Å². The molecule has 0 saturated carbocycles. The molecular weight excluding hydrogens is 482 g/mol. The van der Waals surface area contributed by atoms with E-state index in [1.165, 1.54) is 3.97 Å². The Bertz CT molecular complexity index is 1630. The van der Waals surface area contributed by atoms with Gasteiger partial charge in [0.15, 0.2) is 6.29 Å². The van der Waals surface area contributed by atoms with Crippen LogP contribution in [0.25, 0.3) is 22.2 Å². The third-order valence-electron chi connectivity index (χ3n) is 5.68. The summed E-state index contributed by atoms with van der Waals surface area (Å²) in [6.45, 7) is 0.381. The predicted molar refractivity (Wildman–Crippen MR) is 138 cm³/mol. The van der Waals surface area contributed by atoms with E-state index in [0.29, 0.717) is 51.4 Å². The third kappa shape index (κ3) is 4.46. The van der Waals surface area contributed by atoms with Crippen molar-refractivity contribution in [1.29, 1.82) is 0 Å². The van der Waals surface area contributed by atoms with Crippen LogP contribution in [0.15, 0.2) is 108 Å². The summed E-state index contributed by atoms with van der Waals surface area (Å²) in [5.74, 6) is 0.601. The van der Waals surface area contributed by atoms with Gasteiger partial charge in [-0.25, -0.2) is 12.4 Å². The first-order valence-corrected chi connectivity index (χ1v) is 12.7. The molecule has 1 aromatic heterocycles. The minimum Gasteiger partial charge on any atom is -0.489 e. The Morgan fingerprint density at radius 3 is 2.26 bits per heavy atom. The molecule has 0 aliphatic rings. The molecule has 0 bridgehead atoms. The Labute approximate surface area is 208 Å². The molecule has 1 heterocycles. The molecule has 0 N–H and O–H groups in total. The Hall–Kier alpha value is -3.87. The summed E-state index contributed by atoms with van der Waals surface area (Å²) in [6.07, 6.45) is 0.692. The number of nitrogens with zero attached hydrogens (tertiary/aromatic N) is 1. The summed E-state index contributed by atoms with van der Waals surface area (Å²) < 4.78 is 34.8. The van der Waals surface area contributed by atoms with Gasteiger partial charge in [0.1, 0.15) is 12.4 Å². The second-order valence-corrected chi connectivity index (χ2v) is 10.2. The van der Waals surface area contributed by atoms with Crippen LogP contribution in [-0.2, 0) is 16.6 Å². The number of rotatable bonds is 7. The average Bonchev–Trinajstić information content (AvgIpc) is 3.28. The highest BCUT2D eigenvalue weighted by atomic mass is 35.5. The Kier molecular flexibility index (Phi) is 6.16. The fourth-order valence-corrected chi connectivity index (χ4v) is 5.72. The van der Waals surface area contributed by atoms with Gasteiger partial charge in [0.25, 0.3) is 10.0 Å². The van der Waals surface area contributed by atoms with E-state index in [0.717, 1.165) is 5.56 Å². The molecule has 35 heavy (non-hydrogen) atoms. The van der Waals surface area contributed by atoms with Gasteiger partial charge in [-0.3, -0.25) is 4.79 Å². The number of aromatic nitrogens is 1. The van der Waals surface area contributed by atoms with E-state index < -0.39 is 10.0 Å². The Morgan fingerprint density at radius 2 is 1.54 bits per heavy atom. The van der Waals surface area contributed by atoms with Crippen molar-refractivity contribution >= 4 is 38.8 Å². The lowest BCUT2D eigenvalue weighted by atomic mass is 10.1. The monoisotopic (exact) mass is 501 g/mol. The number of aldehydes is 1. The van der Waals surface area contributed by atoms with Gasteiger partial charge in [-0.2, -0.15) is 0 Å². The lowest BCUT2D eigenvalue weighted by Gasteiger charge is -2.14. The lowest BCUT2D eigenvalue weighted by Crippen LogP contribution is -2.14. The van der Waals surface area contributed by atoms with Crippen LogP contribution in [-0.4, -0.2) is 18.7 Å². The molecule has 5 aromatic rings. The summed E-state index contributed by atoms with van der Waals surface area (Å²) in [4.78, 5) is 11.9. The Balaban J connectivity index is 1.69. The van der Waals surface area contributed by atoms with Crippen molar-refractivity contribution in [3.8, 4) is 17.0 Å². The third-order valence-corrected chi connectivity index (χ3v) is 7.65. The molecule has 4 aromatic carbocycles. The van der Waals surface area contributed by atoms with Crippen LogP contribution < -0.4 is 4.74 Å². The predicted octanol–water partition coefficient (Wildman–Crippen LogP) is 6.59. The van der Waals surface area contributed by atoms with Crippen molar-refractivity contribution in [2.45, 2.75) is 11.5 Å². The van der Waals surface area contributed by atoms with E-state index >= 15 is 0 Å². The number of benzene rings is 4. The highest BCUT2D eigenvalue weighted by molar-refractivity contribution is 7.90. The molecule has 0 aliphatic carbocycles. The number of fused-ring (bicyclic) bond motifs is 1. The van der Waals surface area contributed by atoms with Crippen LogP contribution in [0.3, 0.4) is 0 Å². The van der Waals surface area contributed by atoms with Gasteiger partial charge >= 0.3 is 0 Å². The largest absolute Gasteiger partial charge is 0.489 e. The molecular formula is C28H20ClNO4S. The van der Waals surface area contributed by atoms with E-state index in [9.17, 15) is 13.2 Å². The van der Waals surface area contributed by atoms with Crippen LogP contribution in [0.5, 0.6) is 5.75 Å². The van der Waals surface area contributed by atoms with E-state index in [1.807, 2.05) is 30.3 Å². The fraction of sp³-hybridized carbons (Fsp3) is 0.0357. The summed E-state index contributed by atoms with van der Waals surface area (Å²) in [5.41, 5.74) is 2.59. The maximum Gasteiger partial charge on any atom is 0.268 e. The highest BCUT2D eigenvalue weighted by Gasteiger charge is 2.25. The highest BCUT2D eigenvalue weighted by Crippen LogP contribution is 2.36. The number of ether oxygens (including phenoxy) is 1. The molecule has 0 amide bonds. The van der Waals surface area contributed by atoms with E-state index in [1.54, 1.807) is 72.8 Å². The van der Waals surface area contributed by atoms with Gasteiger partial charge in [0.2, 0.25) is 0 Å². The zero-order valence-electron chi connectivity index (χ0n) is 18.5. The average molecular weight is 502 g/mol. The summed E-state index contributed by atoms with van der Waals surface area (Å²) in [5, 5.41) is 1.05. The molecule has 174 valence electrons. The number of hydrogen-bond acceptors (Lipinski definition) is 4. The van der Waals surface area contributed by atoms with Crippen molar-refractivity contribution in [3.63, 3.8) is 0 Å². The molecule has 0 spiro atoms. The zero-order chi connectivity index (χ0) is 24.4. The van der Waals surface area contributed by atoms with Crippen LogP contribution in [0.2, 0.25) is 5.02 Å². The van der Waals surface area contributed by atoms with Gasteiger partial charge < -0.3 is 4.74 Å². The van der Waals surface area contributed by atoms with Crippen molar-refractivity contribution in [3.05, 3.63) is 119 Å². The molecule has 0 radical (unpaired) electrons. The number of halogens is 1. The van der Waals surface area contributed by atoms with Crippen molar-refractivity contribution < 1.29 is 17.9 Å². The first-order chi connectivity index (χ1) is 17.0. The van der Waals surface area contributed by atoms with Crippen LogP contribution in [0.1, 0.15) is 15.9 Å². The molecule has 7 heteroatoms. The second kappa shape index (κ2) is 9.41. The maximum absolute atomic E-state index is 13.8. The topological polar surface area (TPSA) is 65.4 Å². The van der Waals surface area contributed by atoms with Crippen molar-refractivity contribution in [1.82, 2.24) is 3.97 Å². The molecule has 5 rings (SSSR count). The van der Waals surface area contributed by atoms with E-state index in [-0.39, 0.29) is 4.90 Å². The van der Waals surface area contributed by atoms with Gasteiger partial charge in [0.05, 0.1) is 16.1 Å². The van der Waals surface area contributed by atoms with Crippen LogP contribution in [0.4, 0.5) is 0 Å². The minimum atomic E-state index is -3.99. The zero-order valence-corrected chi connectivity index (χ0v) is 20.0. The van der Waals surface area contributed by atoms with E-state index in [2.05, 4.69) is 0 Å². The molecule has 0 atom stereocenters. The quantitative estimate of drug-likeness (QED) is 0.236. The second-order valence-electron chi connectivity index (χ2n) is 7.96. The van der Waals surface area contributed by atoms with Gasteiger partial charge in [-0.15, -0.1) is 0 Å². The summed E-state index contributed by atoms with van der Waals surface area (Å²) >= 11 is 6.24. The van der Waals surface area contributed by atoms with Gasteiger partial charge in [-0.05, 0) is 60.2 Å². The van der Waals surface area contributed by atoms with Gasteiger partial charge in [0, 0.05) is 21.5 Å². The molecule has 0 aliphatic heterocycles. The molecule has 0 fully saturated rings. The molecule has 5 nitrogen and oxygen atoms in total. The van der Waals surface area contributed by atoms with Crippen molar-refractivity contribution in [2.24, 2.45) is 0 Å². The fourth-order valence-electron chi connectivity index (χ4n) is 4.00.